The van der Waals surface area contributed by atoms with Gasteiger partial charge in [-0.15, -0.1) is 13.2 Å². The van der Waals surface area contributed by atoms with Gasteiger partial charge in [-0.25, -0.2) is 0 Å². The molecule has 1 N–H and O–H groups in total. The Kier molecular flexibility index (Phi) is 4.34. The molecule has 0 aliphatic rings. The molecule has 0 atom stereocenters. The third kappa shape index (κ3) is 4.72. The standard InChI is InChI=1S/C10H17NO/c1-5-7-11-9(12)8-10(3,4)6-2/h5-6H,1-2,7-8H2,3-4H3,(H,11,12). The second kappa shape index (κ2) is 4.75. The van der Waals surface area contributed by atoms with Gasteiger partial charge in [-0.3, -0.25) is 4.79 Å². The van der Waals surface area contributed by atoms with Crippen LogP contribution in [0, 0.1) is 5.41 Å². The molecule has 0 aromatic carbocycles. The Morgan fingerprint density at radius 2 is 2.08 bits per heavy atom. The molecule has 0 spiro atoms. The molecule has 0 heterocycles. The van der Waals surface area contributed by atoms with E-state index in [-0.39, 0.29) is 11.3 Å². The van der Waals surface area contributed by atoms with Gasteiger partial charge in [0.2, 0.25) is 5.91 Å². The van der Waals surface area contributed by atoms with Gasteiger partial charge < -0.3 is 5.32 Å². The van der Waals surface area contributed by atoms with Crippen LogP contribution in [-0.4, -0.2) is 12.5 Å². The molecule has 12 heavy (non-hydrogen) atoms. The van der Waals surface area contributed by atoms with Gasteiger partial charge in [0.05, 0.1) is 0 Å². The predicted molar refractivity (Wildman–Crippen MR) is 51.8 cm³/mol. The first-order valence-electron chi connectivity index (χ1n) is 4.03. The van der Waals surface area contributed by atoms with Crippen molar-refractivity contribution in [3.8, 4) is 0 Å². The van der Waals surface area contributed by atoms with E-state index in [4.69, 9.17) is 0 Å². The molecule has 0 aromatic rings. The van der Waals surface area contributed by atoms with Crippen LogP contribution in [0.3, 0.4) is 0 Å². The first-order valence-corrected chi connectivity index (χ1v) is 4.03. The number of rotatable bonds is 5. The summed E-state index contributed by atoms with van der Waals surface area (Å²) < 4.78 is 0. The SMILES string of the molecule is C=CCNC(=O)CC(C)(C)C=C. The molecule has 0 fully saturated rings. The highest BCUT2D eigenvalue weighted by atomic mass is 16.1. The minimum Gasteiger partial charge on any atom is -0.353 e. The van der Waals surface area contributed by atoms with Crippen molar-refractivity contribution in [1.82, 2.24) is 5.32 Å². The van der Waals surface area contributed by atoms with Crippen LogP contribution < -0.4 is 5.32 Å². The maximum atomic E-state index is 11.2. The summed E-state index contributed by atoms with van der Waals surface area (Å²) in [5.74, 6) is 0.0415. The molecule has 0 radical (unpaired) electrons. The molecule has 0 bridgehead atoms. The molecule has 0 aliphatic carbocycles. The Morgan fingerprint density at radius 1 is 1.50 bits per heavy atom. The van der Waals surface area contributed by atoms with Gasteiger partial charge in [0, 0.05) is 13.0 Å². The average molecular weight is 167 g/mol. The van der Waals surface area contributed by atoms with Crippen molar-refractivity contribution in [2.45, 2.75) is 20.3 Å². The molecule has 0 aromatic heterocycles. The Morgan fingerprint density at radius 3 is 2.50 bits per heavy atom. The quantitative estimate of drug-likeness (QED) is 0.622. The third-order valence-corrected chi connectivity index (χ3v) is 1.61. The zero-order valence-electron chi connectivity index (χ0n) is 7.89. The van der Waals surface area contributed by atoms with E-state index in [2.05, 4.69) is 18.5 Å². The smallest absolute Gasteiger partial charge is 0.221 e. The molecule has 0 unspecified atom stereocenters. The fraction of sp³-hybridized carbons (Fsp3) is 0.500. The van der Waals surface area contributed by atoms with E-state index < -0.39 is 0 Å². The van der Waals surface area contributed by atoms with Crippen molar-refractivity contribution in [3.05, 3.63) is 25.3 Å². The number of carbonyl (C=O) groups is 1. The molecule has 0 aliphatic heterocycles. The van der Waals surface area contributed by atoms with Gasteiger partial charge in [-0.1, -0.05) is 26.0 Å². The highest BCUT2D eigenvalue weighted by Crippen LogP contribution is 2.20. The summed E-state index contributed by atoms with van der Waals surface area (Å²) in [4.78, 5) is 11.2. The highest BCUT2D eigenvalue weighted by Gasteiger charge is 2.16. The number of hydrogen-bond donors (Lipinski definition) is 1. The molecular weight excluding hydrogens is 150 g/mol. The van der Waals surface area contributed by atoms with Crippen LogP contribution in [0.4, 0.5) is 0 Å². The number of nitrogens with one attached hydrogen (secondary N) is 1. The van der Waals surface area contributed by atoms with Crippen LogP contribution in [0.2, 0.25) is 0 Å². The van der Waals surface area contributed by atoms with Crippen molar-refractivity contribution in [3.63, 3.8) is 0 Å². The summed E-state index contributed by atoms with van der Waals surface area (Å²) >= 11 is 0. The molecule has 68 valence electrons. The summed E-state index contributed by atoms with van der Waals surface area (Å²) in [7, 11) is 0. The van der Waals surface area contributed by atoms with Crippen LogP contribution >= 0.6 is 0 Å². The lowest BCUT2D eigenvalue weighted by Gasteiger charge is -2.18. The second-order valence-corrected chi connectivity index (χ2v) is 3.46. The van der Waals surface area contributed by atoms with Crippen LogP contribution in [0.1, 0.15) is 20.3 Å². The van der Waals surface area contributed by atoms with E-state index in [0.29, 0.717) is 13.0 Å². The van der Waals surface area contributed by atoms with Crippen LogP contribution in [0.25, 0.3) is 0 Å². The summed E-state index contributed by atoms with van der Waals surface area (Å²) in [6.07, 6.45) is 3.93. The average Bonchev–Trinajstić information content (AvgIpc) is 2.00. The number of allylic oxidation sites excluding steroid dienone is 1. The first kappa shape index (κ1) is 11.0. The number of amides is 1. The molecular formula is C10H17NO. The molecule has 0 saturated carbocycles. The van der Waals surface area contributed by atoms with E-state index in [0.717, 1.165) is 0 Å². The minimum absolute atomic E-state index is 0.0415. The van der Waals surface area contributed by atoms with E-state index in [9.17, 15) is 4.79 Å². The van der Waals surface area contributed by atoms with Gasteiger partial charge in [0.25, 0.3) is 0 Å². The lowest BCUT2D eigenvalue weighted by Crippen LogP contribution is -2.27. The second-order valence-electron chi connectivity index (χ2n) is 3.46. The first-order chi connectivity index (χ1) is 5.52. The Bertz CT molecular complexity index is 182. The lowest BCUT2D eigenvalue weighted by molar-refractivity contribution is -0.122. The molecule has 2 nitrogen and oxygen atoms in total. The van der Waals surface area contributed by atoms with Crippen molar-refractivity contribution >= 4 is 5.91 Å². The molecule has 0 rings (SSSR count). The molecule has 2 heteroatoms. The van der Waals surface area contributed by atoms with Gasteiger partial charge in [0.1, 0.15) is 0 Å². The lowest BCUT2D eigenvalue weighted by atomic mass is 9.89. The maximum absolute atomic E-state index is 11.2. The maximum Gasteiger partial charge on any atom is 0.221 e. The summed E-state index contributed by atoms with van der Waals surface area (Å²) in [6, 6.07) is 0. The summed E-state index contributed by atoms with van der Waals surface area (Å²) in [5.41, 5.74) is -0.120. The van der Waals surface area contributed by atoms with Gasteiger partial charge in [-0.2, -0.15) is 0 Å². The van der Waals surface area contributed by atoms with Crippen LogP contribution in [-0.2, 0) is 4.79 Å². The zero-order chi connectivity index (χ0) is 9.61. The van der Waals surface area contributed by atoms with Crippen molar-refractivity contribution in [2.75, 3.05) is 6.54 Å². The Hall–Kier alpha value is -1.05. The van der Waals surface area contributed by atoms with E-state index >= 15 is 0 Å². The van der Waals surface area contributed by atoms with Gasteiger partial charge >= 0.3 is 0 Å². The van der Waals surface area contributed by atoms with Crippen LogP contribution in [0.15, 0.2) is 25.3 Å². The molecule has 1 amide bonds. The fourth-order valence-electron chi connectivity index (χ4n) is 0.734. The van der Waals surface area contributed by atoms with Crippen molar-refractivity contribution in [2.24, 2.45) is 5.41 Å². The Labute approximate surface area is 74.4 Å². The van der Waals surface area contributed by atoms with E-state index in [1.54, 1.807) is 12.2 Å². The third-order valence-electron chi connectivity index (χ3n) is 1.61. The normalized spacial score (nSPS) is 10.5. The number of hydrogen-bond acceptors (Lipinski definition) is 1. The topological polar surface area (TPSA) is 29.1 Å². The van der Waals surface area contributed by atoms with E-state index in [1.165, 1.54) is 0 Å². The monoisotopic (exact) mass is 167 g/mol. The van der Waals surface area contributed by atoms with Crippen molar-refractivity contribution in [1.29, 1.82) is 0 Å². The zero-order valence-corrected chi connectivity index (χ0v) is 7.89. The molecule has 0 saturated heterocycles. The largest absolute Gasteiger partial charge is 0.353 e. The minimum atomic E-state index is -0.120. The fourth-order valence-corrected chi connectivity index (χ4v) is 0.734. The summed E-state index contributed by atoms with van der Waals surface area (Å²) in [6.45, 7) is 11.7. The summed E-state index contributed by atoms with van der Waals surface area (Å²) in [5, 5.41) is 2.72. The number of carbonyl (C=O) groups excluding carboxylic acids is 1. The van der Waals surface area contributed by atoms with Gasteiger partial charge in [-0.05, 0) is 5.41 Å². The van der Waals surface area contributed by atoms with E-state index in [1.807, 2.05) is 13.8 Å². The Balaban J connectivity index is 3.83. The predicted octanol–water partition coefficient (Wildman–Crippen LogP) is 1.89. The highest BCUT2D eigenvalue weighted by molar-refractivity contribution is 5.76. The van der Waals surface area contributed by atoms with Crippen LogP contribution in [0.5, 0.6) is 0 Å². The van der Waals surface area contributed by atoms with Gasteiger partial charge in [0.15, 0.2) is 0 Å². The van der Waals surface area contributed by atoms with Crippen molar-refractivity contribution < 1.29 is 4.79 Å².